The van der Waals surface area contributed by atoms with Gasteiger partial charge < -0.3 is 10.1 Å². The molecule has 112 valence electrons. The van der Waals surface area contributed by atoms with Crippen LogP contribution in [0, 0.1) is 18.6 Å². The molecule has 0 radical (unpaired) electrons. The van der Waals surface area contributed by atoms with Gasteiger partial charge in [-0.25, -0.2) is 8.78 Å². The Balaban J connectivity index is 2.08. The van der Waals surface area contributed by atoms with Crippen LogP contribution in [-0.2, 0) is 4.74 Å². The van der Waals surface area contributed by atoms with Crippen molar-refractivity contribution in [1.29, 1.82) is 0 Å². The fourth-order valence-corrected chi connectivity index (χ4v) is 2.79. The van der Waals surface area contributed by atoms with Crippen LogP contribution in [0.25, 0.3) is 0 Å². The van der Waals surface area contributed by atoms with Crippen LogP contribution in [0.4, 0.5) is 8.78 Å². The van der Waals surface area contributed by atoms with Gasteiger partial charge in [0.05, 0.1) is 6.10 Å². The molecule has 0 bridgehead atoms. The number of ether oxygens (including phenoxy) is 1. The average Bonchev–Trinajstić information content (AvgIpc) is 2.92. The molecule has 2 rings (SSSR count). The summed E-state index contributed by atoms with van der Waals surface area (Å²) in [5.41, 5.74) is 1.05. The van der Waals surface area contributed by atoms with Gasteiger partial charge in [0.25, 0.3) is 0 Å². The van der Waals surface area contributed by atoms with Gasteiger partial charge in [-0.3, -0.25) is 0 Å². The van der Waals surface area contributed by atoms with E-state index in [2.05, 4.69) is 5.32 Å². The minimum Gasteiger partial charge on any atom is -0.378 e. The topological polar surface area (TPSA) is 21.3 Å². The smallest absolute Gasteiger partial charge is 0.130 e. The van der Waals surface area contributed by atoms with Crippen molar-refractivity contribution in [3.63, 3.8) is 0 Å². The Morgan fingerprint density at radius 2 is 2.15 bits per heavy atom. The Kier molecular flexibility index (Phi) is 5.49. The standard InChI is InChI=1S/C16H23F2NO/c1-3-19-16(7-6-12-5-4-8-20-12)13-9-11(2)14(17)10-15(13)18/h9-10,12,16,19H,3-8H2,1-2H3. The van der Waals surface area contributed by atoms with Gasteiger partial charge in [0.1, 0.15) is 11.6 Å². The van der Waals surface area contributed by atoms with Crippen molar-refractivity contribution in [3.05, 3.63) is 34.9 Å². The second-order valence-electron chi connectivity index (χ2n) is 5.45. The summed E-state index contributed by atoms with van der Waals surface area (Å²) in [5.74, 6) is -0.952. The number of halogens is 2. The van der Waals surface area contributed by atoms with Crippen LogP contribution >= 0.6 is 0 Å². The molecular weight excluding hydrogens is 260 g/mol. The predicted molar refractivity (Wildman–Crippen MR) is 75.7 cm³/mol. The number of hydrogen-bond acceptors (Lipinski definition) is 2. The average molecular weight is 283 g/mol. The van der Waals surface area contributed by atoms with Gasteiger partial charge in [-0.2, -0.15) is 0 Å². The van der Waals surface area contributed by atoms with Crippen LogP contribution in [0.5, 0.6) is 0 Å². The maximum Gasteiger partial charge on any atom is 0.130 e. The zero-order valence-corrected chi connectivity index (χ0v) is 12.2. The SMILES string of the molecule is CCNC(CCC1CCCO1)c1cc(C)c(F)cc1F. The molecule has 2 nitrogen and oxygen atoms in total. The third-order valence-electron chi connectivity index (χ3n) is 3.91. The van der Waals surface area contributed by atoms with E-state index in [4.69, 9.17) is 4.74 Å². The molecule has 1 aromatic carbocycles. The quantitative estimate of drug-likeness (QED) is 0.855. The van der Waals surface area contributed by atoms with Crippen LogP contribution in [0.3, 0.4) is 0 Å². The van der Waals surface area contributed by atoms with E-state index in [-0.39, 0.29) is 6.04 Å². The van der Waals surface area contributed by atoms with Crippen LogP contribution in [0.2, 0.25) is 0 Å². The number of rotatable bonds is 6. The van der Waals surface area contributed by atoms with Gasteiger partial charge in [0.2, 0.25) is 0 Å². The lowest BCUT2D eigenvalue weighted by Crippen LogP contribution is -2.23. The van der Waals surface area contributed by atoms with Crippen molar-refractivity contribution in [2.24, 2.45) is 0 Å². The number of nitrogens with one attached hydrogen (secondary N) is 1. The molecule has 0 aliphatic carbocycles. The summed E-state index contributed by atoms with van der Waals surface area (Å²) < 4.78 is 33.0. The Morgan fingerprint density at radius 1 is 1.35 bits per heavy atom. The van der Waals surface area contributed by atoms with E-state index in [0.717, 1.165) is 44.9 Å². The molecule has 1 saturated heterocycles. The lowest BCUT2D eigenvalue weighted by molar-refractivity contribution is 0.0995. The molecule has 1 aliphatic rings. The molecule has 0 spiro atoms. The van der Waals surface area contributed by atoms with Crippen molar-refractivity contribution in [3.8, 4) is 0 Å². The van der Waals surface area contributed by atoms with E-state index in [1.165, 1.54) is 0 Å². The summed E-state index contributed by atoms with van der Waals surface area (Å²) in [5, 5.41) is 3.29. The Labute approximate surface area is 119 Å². The minimum atomic E-state index is -0.486. The Morgan fingerprint density at radius 3 is 2.80 bits per heavy atom. The van der Waals surface area contributed by atoms with Gasteiger partial charge in [0.15, 0.2) is 0 Å². The maximum atomic E-state index is 14.0. The van der Waals surface area contributed by atoms with Crippen molar-refractivity contribution in [2.75, 3.05) is 13.2 Å². The molecule has 1 aliphatic heterocycles. The zero-order chi connectivity index (χ0) is 14.5. The predicted octanol–water partition coefficient (Wildman–Crippen LogP) is 3.88. The normalized spacial score (nSPS) is 20.3. The summed E-state index contributed by atoms with van der Waals surface area (Å²) in [6.07, 6.45) is 4.21. The lowest BCUT2D eigenvalue weighted by atomic mass is 9.97. The van der Waals surface area contributed by atoms with Gasteiger partial charge in [-0.15, -0.1) is 0 Å². The Bertz CT molecular complexity index is 444. The molecular formula is C16H23F2NO. The zero-order valence-electron chi connectivity index (χ0n) is 12.2. The fourth-order valence-electron chi connectivity index (χ4n) is 2.79. The number of hydrogen-bond donors (Lipinski definition) is 1. The largest absolute Gasteiger partial charge is 0.378 e. The van der Waals surface area contributed by atoms with E-state index < -0.39 is 11.6 Å². The third kappa shape index (κ3) is 3.76. The molecule has 0 aromatic heterocycles. The van der Waals surface area contributed by atoms with Gasteiger partial charge in [-0.1, -0.05) is 6.92 Å². The first kappa shape index (κ1) is 15.4. The lowest BCUT2D eigenvalue weighted by Gasteiger charge is -2.21. The molecule has 1 aromatic rings. The van der Waals surface area contributed by atoms with E-state index in [9.17, 15) is 8.78 Å². The molecule has 0 amide bonds. The van der Waals surface area contributed by atoms with Crippen molar-refractivity contribution in [1.82, 2.24) is 5.32 Å². The molecule has 20 heavy (non-hydrogen) atoms. The van der Waals surface area contributed by atoms with Crippen LogP contribution in [-0.4, -0.2) is 19.3 Å². The monoisotopic (exact) mass is 283 g/mol. The summed E-state index contributed by atoms with van der Waals surface area (Å²) in [7, 11) is 0. The molecule has 1 heterocycles. The molecule has 1 fully saturated rings. The first-order chi connectivity index (χ1) is 9.61. The van der Waals surface area contributed by atoms with Gasteiger partial charge in [-0.05, 0) is 50.8 Å². The summed E-state index contributed by atoms with van der Waals surface area (Å²) in [4.78, 5) is 0. The summed E-state index contributed by atoms with van der Waals surface area (Å²) in [6.45, 7) is 5.25. The first-order valence-corrected chi connectivity index (χ1v) is 7.42. The molecule has 2 unspecified atom stereocenters. The van der Waals surface area contributed by atoms with E-state index in [0.29, 0.717) is 17.2 Å². The fraction of sp³-hybridized carbons (Fsp3) is 0.625. The van der Waals surface area contributed by atoms with Gasteiger partial charge in [0, 0.05) is 24.3 Å². The summed E-state index contributed by atoms with van der Waals surface area (Å²) in [6, 6.07) is 2.53. The molecule has 2 atom stereocenters. The highest BCUT2D eigenvalue weighted by atomic mass is 19.1. The van der Waals surface area contributed by atoms with E-state index in [1.54, 1.807) is 13.0 Å². The molecule has 1 N–H and O–H groups in total. The minimum absolute atomic E-state index is 0.0801. The van der Waals surface area contributed by atoms with Crippen molar-refractivity contribution < 1.29 is 13.5 Å². The van der Waals surface area contributed by atoms with Gasteiger partial charge >= 0.3 is 0 Å². The highest BCUT2D eigenvalue weighted by Crippen LogP contribution is 2.27. The highest BCUT2D eigenvalue weighted by Gasteiger charge is 2.21. The third-order valence-corrected chi connectivity index (χ3v) is 3.91. The van der Waals surface area contributed by atoms with Crippen molar-refractivity contribution >= 4 is 0 Å². The summed E-state index contributed by atoms with van der Waals surface area (Å²) >= 11 is 0. The maximum absolute atomic E-state index is 14.0. The van der Waals surface area contributed by atoms with Crippen LogP contribution in [0.1, 0.15) is 49.8 Å². The first-order valence-electron chi connectivity index (χ1n) is 7.42. The highest BCUT2D eigenvalue weighted by molar-refractivity contribution is 5.28. The molecule has 4 heteroatoms. The van der Waals surface area contributed by atoms with Crippen LogP contribution in [0.15, 0.2) is 12.1 Å². The van der Waals surface area contributed by atoms with E-state index >= 15 is 0 Å². The number of aryl methyl sites for hydroxylation is 1. The second-order valence-corrected chi connectivity index (χ2v) is 5.45. The number of benzene rings is 1. The Hall–Kier alpha value is -1.00. The van der Waals surface area contributed by atoms with Crippen molar-refractivity contribution in [2.45, 2.75) is 51.7 Å². The van der Waals surface area contributed by atoms with Crippen LogP contribution < -0.4 is 5.32 Å². The molecule has 0 saturated carbocycles. The van der Waals surface area contributed by atoms with E-state index in [1.807, 2.05) is 6.92 Å². The second kappa shape index (κ2) is 7.14.